The van der Waals surface area contributed by atoms with Gasteiger partial charge in [0.15, 0.2) is 0 Å². The molecule has 0 aromatic heterocycles. The highest BCUT2D eigenvalue weighted by atomic mass is 31.2. The molecule has 0 spiro atoms. The standard InChI is InChI=1S/C14H31O4P.H3N/c1-4-7-10-13(11-8-5-2)14(12-9-6-3)18-19(15,16)17;/h13-14H,4-12H2,1-3H3,(H2,15,16,17);1H3. The Morgan fingerprint density at radius 2 is 1.30 bits per heavy atom. The predicted octanol–water partition coefficient (Wildman–Crippen LogP) is 4.81. The van der Waals surface area contributed by atoms with Gasteiger partial charge in [-0.25, -0.2) is 4.57 Å². The maximum Gasteiger partial charge on any atom is 0.469 e. The van der Waals surface area contributed by atoms with Gasteiger partial charge in [0.1, 0.15) is 0 Å². The third-order valence-corrected chi connectivity index (χ3v) is 4.04. The van der Waals surface area contributed by atoms with Gasteiger partial charge in [0.25, 0.3) is 0 Å². The average Bonchev–Trinajstić information content (AvgIpc) is 2.33. The van der Waals surface area contributed by atoms with Crippen LogP contribution in [0.15, 0.2) is 0 Å². The van der Waals surface area contributed by atoms with E-state index in [-0.39, 0.29) is 18.2 Å². The summed E-state index contributed by atoms with van der Waals surface area (Å²) in [6.45, 7) is 6.37. The number of hydrogen-bond donors (Lipinski definition) is 3. The van der Waals surface area contributed by atoms with E-state index in [1.807, 2.05) is 0 Å². The van der Waals surface area contributed by atoms with Crippen LogP contribution in [-0.2, 0) is 9.09 Å². The van der Waals surface area contributed by atoms with Crippen LogP contribution in [0, 0.1) is 5.92 Å². The van der Waals surface area contributed by atoms with Gasteiger partial charge in [0, 0.05) is 0 Å². The fourth-order valence-corrected chi connectivity index (χ4v) is 3.04. The SMILES string of the molecule is CCCCC(CCCC)C(CCCC)OP(=O)(O)O.N. The Labute approximate surface area is 124 Å². The van der Waals surface area contributed by atoms with Crippen LogP contribution in [-0.4, -0.2) is 15.9 Å². The second kappa shape index (κ2) is 12.8. The minimum absolute atomic E-state index is 0. The fraction of sp³-hybridized carbons (Fsp3) is 1.00. The Balaban J connectivity index is 0. The molecule has 0 heterocycles. The quantitative estimate of drug-likeness (QED) is 0.449. The molecule has 5 N–H and O–H groups in total. The van der Waals surface area contributed by atoms with Crippen LogP contribution in [0.4, 0.5) is 0 Å². The van der Waals surface area contributed by atoms with Gasteiger partial charge in [-0.2, -0.15) is 0 Å². The van der Waals surface area contributed by atoms with E-state index in [2.05, 4.69) is 20.8 Å². The smallest absolute Gasteiger partial charge is 0.344 e. The number of phosphoric ester groups is 1. The number of phosphoric acid groups is 1. The predicted molar refractivity (Wildman–Crippen MR) is 84.0 cm³/mol. The molecular weight excluding hydrogens is 277 g/mol. The van der Waals surface area contributed by atoms with Crippen LogP contribution in [0.1, 0.15) is 78.6 Å². The van der Waals surface area contributed by atoms with Gasteiger partial charge >= 0.3 is 7.82 Å². The second-order valence-corrected chi connectivity index (χ2v) is 6.51. The van der Waals surface area contributed by atoms with Gasteiger partial charge in [0.2, 0.25) is 0 Å². The molecule has 0 radical (unpaired) electrons. The lowest BCUT2D eigenvalue weighted by atomic mass is 9.88. The maximum absolute atomic E-state index is 11.1. The Hall–Kier alpha value is 0.0700. The van der Waals surface area contributed by atoms with Crippen molar-refractivity contribution in [2.45, 2.75) is 84.7 Å². The fourth-order valence-electron chi connectivity index (χ4n) is 2.40. The lowest BCUT2D eigenvalue weighted by Crippen LogP contribution is -2.23. The molecule has 20 heavy (non-hydrogen) atoms. The molecule has 1 unspecified atom stereocenters. The van der Waals surface area contributed by atoms with Crippen molar-refractivity contribution in [2.75, 3.05) is 0 Å². The third-order valence-electron chi connectivity index (χ3n) is 3.50. The highest BCUT2D eigenvalue weighted by molar-refractivity contribution is 7.46. The first-order valence-corrected chi connectivity index (χ1v) is 9.21. The van der Waals surface area contributed by atoms with E-state index in [4.69, 9.17) is 14.3 Å². The van der Waals surface area contributed by atoms with Crippen molar-refractivity contribution in [1.29, 1.82) is 0 Å². The van der Waals surface area contributed by atoms with Crippen molar-refractivity contribution in [1.82, 2.24) is 6.15 Å². The third kappa shape index (κ3) is 11.9. The van der Waals surface area contributed by atoms with Crippen LogP contribution in [0.2, 0.25) is 0 Å². The first-order chi connectivity index (χ1) is 8.94. The van der Waals surface area contributed by atoms with E-state index in [0.29, 0.717) is 0 Å². The van der Waals surface area contributed by atoms with Gasteiger partial charge < -0.3 is 15.9 Å². The van der Waals surface area contributed by atoms with Crippen LogP contribution < -0.4 is 6.15 Å². The molecule has 1 atom stereocenters. The summed E-state index contributed by atoms with van der Waals surface area (Å²) >= 11 is 0. The van der Waals surface area contributed by atoms with Crippen molar-refractivity contribution in [3.8, 4) is 0 Å². The molecule has 0 bridgehead atoms. The molecule has 5 nitrogen and oxygen atoms in total. The highest BCUT2D eigenvalue weighted by Crippen LogP contribution is 2.42. The summed E-state index contributed by atoms with van der Waals surface area (Å²) in [5.41, 5.74) is 0. The molecule has 0 aromatic rings. The van der Waals surface area contributed by atoms with Crippen molar-refractivity contribution in [3.05, 3.63) is 0 Å². The summed E-state index contributed by atoms with van der Waals surface area (Å²) in [5, 5.41) is 0. The van der Waals surface area contributed by atoms with Crippen LogP contribution in [0.25, 0.3) is 0 Å². The molecule has 6 heteroatoms. The molecule has 0 aliphatic heterocycles. The Bertz CT molecular complexity index is 250. The van der Waals surface area contributed by atoms with Crippen LogP contribution in [0.5, 0.6) is 0 Å². The van der Waals surface area contributed by atoms with E-state index < -0.39 is 7.82 Å². The zero-order valence-corrected chi connectivity index (χ0v) is 14.3. The number of unbranched alkanes of at least 4 members (excludes halogenated alkanes) is 3. The average molecular weight is 311 g/mol. The molecule has 0 aliphatic rings. The largest absolute Gasteiger partial charge is 0.469 e. The minimum Gasteiger partial charge on any atom is -0.344 e. The molecule has 0 fully saturated rings. The minimum atomic E-state index is -4.38. The summed E-state index contributed by atoms with van der Waals surface area (Å²) in [6.07, 6.45) is 8.87. The monoisotopic (exact) mass is 311 g/mol. The molecule has 0 aromatic carbocycles. The molecule has 0 aliphatic carbocycles. The zero-order valence-electron chi connectivity index (χ0n) is 13.4. The molecule has 124 valence electrons. The normalized spacial score (nSPS) is 13.3. The van der Waals surface area contributed by atoms with Crippen LogP contribution in [0.3, 0.4) is 0 Å². The highest BCUT2D eigenvalue weighted by Gasteiger charge is 2.28. The zero-order chi connectivity index (χ0) is 14.7. The summed E-state index contributed by atoms with van der Waals surface area (Å²) in [7, 11) is -4.38. The molecule has 0 saturated heterocycles. The Morgan fingerprint density at radius 3 is 1.65 bits per heavy atom. The summed E-state index contributed by atoms with van der Waals surface area (Å²) in [6, 6.07) is 0. The topological polar surface area (TPSA) is 102 Å². The first-order valence-electron chi connectivity index (χ1n) is 7.68. The van der Waals surface area contributed by atoms with Gasteiger partial charge in [-0.15, -0.1) is 0 Å². The lowest BCUT2D eigenvalue weighted by molar-refractivity contribution is 0.0702. The van der Waals surface area contributed by atoms with Crippen molar-refractivity contribution >= 4 is 7.82 Å². The van der Waals surface area contributed by atoms with E-state index in [1.165, 1.54) is 0 Å². The second-order valence-electron chi connectivity index (χ2n) is 5.32. The van der Waals surface area contributed by atoms with Crippen molar-refractivity contribution < 1.29 is 18.9 Å². The number of rotatable bonds is 12. The Kier molecular flexibility index (Phi) is 14.3. The van der Waals surface area contributed by atoms with Gasteiger partial charge in [0.05, 0.1) is 6.10 Å². The van der Waals surface area contributed by atoms with Crippen LogP contribution >= 0.6 is 7.82 Å². The Morgan fingerprint density at radius 1 is 0.900 bits per heavy atom. The molecule has 0 rings (SSSR count). The van der Waals surface area contributed by atoms with Crippen molar-refractivity contribution in [2.24, 2.45) is 5.92 Å². The molecular formula is C14H34NO4P. The summed E-state index contributed by atoms with van der Waals surface area (Å²) < 4.78 is 16.2. The van der Waals surface area contributed by atoms with E-state index in [9.17, 15) is 4.57 Å². The first kappa shape index (κ1) is 22.4. The van der Waals surface area contributed by atoms with Crippen molar-refractivity contribution in [3.63, 3.8) is 0 Å². The number of hydrogen-bond acceptors (Lipinski definition) is 3. The molecule has 0 saturated carbocycles. The van der Waals surface area contributed by atoms with Gasteiger partial charge in [-0.3, -0.25) is 4.52 Å². The van der Waals surface area contributed by atoms with Gasteiger partial charge in [-0.1, -0.05) is 59.3 Å². The molecule has 0 amide bonds. The van der Waals surface area contributed by atoms with E-state index >= 15 is 0 Å². The van der Waals surface area contributed by atoms with E-state index in [1.54, 1.807) is 0 Å². The van der Waals surface area contributed by atoms with E-state index in [0.717, 1.165) is 57.8 Å². The summed E-state index contributed by atoms with van der Waals surface area (Å²) in [4.78, 5) is 18.2. The lowest BCUT2D eigenvalue weighted by Gasteiger charge is -2.27. The maximum atomic E-state index is 11.1. The summed E-state index contributed by atoms with van der Waals surface area (Å²) in [5.74, 6) is 0.277. The van der Waals surface area contributed by atoms with Gasteiger partial charge in [-0.05, 0) is 25.2 Å².